The quantitative estimate of drug-likeness (QED) is 0.817. The van der Waals surface area contributed by atoms with Gasteiger partial charge < -0.3 is 14.7 Å². The normalized spacial score (nSPS) is 18.7. The average molecular weight is 388 g/mol. The first-order chi connectivity index (χ1) is 12.7. The number of anilines is 1. The number of carbonyl (C=O) groups excluding carboxylic acids is 2. The second-order valence-electron chi connectivity index (χ2n) is 7.10. The van der Waals surface area contributed by atoms with E-state index in [9.17, 15) is 14.7 Å². The molecular formula is C21H22ClNO4. The highest BCUT2D eigenvalue weighted by atomic mass is 35.5. The number of amides is 1. The topological polar surface area (TPSA) is 66.8 Å². The molecule has 3 rings (SSSR count). The molecular weight excluding hydrogens is 366 g/mol. The predicted molar refractivity (Wildman–Crippen MR) is 104 cm³/mol. The van der Waals surface area contributed by atoms with Crippen LogP contribution in [0.2, 0.25) is 5.02 Å². The van der Waals surface area contributed by atoms with Gasteiger partial charge in [0.05, 0.1) is 18.3 Å². The first kappa shape index (κ1) is 19.4. The van der Waals surface area contributed by atoms with Crippen LogP contribution in [-0.2, 0) is 21.7 Å². The fraction of sp³-hybridized carbons (Fsp3) is 0.333. The molecule has 0 aromatic heterocycles. The fourth-order valence-electron chi connectivity index (χ4n) is 3.34. The molecule has 1 N–H and O–H groups in total. The van der Waals surface area contributed by atoms with E-state index < -0.39 is 11.5 Å². The molecule has 6 heteroatoms. The van der Waals surface area contributed by atoms with Crippen LogP contribution in [0, 0.1) is 0 Å². The van der Waals surface area contributed by atoms with Gasteiger partial charge in [-0.05, 0) is 56.7 Å². The van der Waals surface area contributed by atoms with Crippen LogP contribution in [0.4, 0.5) is 5.69 Å². The summed E-state index contributed by atoms with van der Waals surface area (Å²) < 4.78 is 5.63. The average Bonchev–Trinajstić information content (AvgIpc) is 2.77. The number of benzene rings is 2. The van der Waals surface area contributed by atoms with Crippen molar-refractivity contribution in [3.05, 3.63) is 58.6 Å². The van der Waals surface area contributed by atoms with Crippen molar-refractivity contribution < 1.29 is 19.4 Å². The van der Waals surface area contributed by atoms with Crippen LogP contribution in [0.15, 0.2) is 42.5 Å². The van der Waals surface area contributed by atoms with Crippen molar-refractivity contribution in [1.29, 1.82) is 0 Å². The fourth-order valence-corrected chi connectivity index (χ4v) is 3.51. The number of hydrogen-bond donors (Lipinski definition) is 1. The number of carbonyl (C=O) groups is 2. The second kappa shape index (κ2) is 7.33. The Bertz CT molecular complexity index is 878. The van der Waals surface area contributed by atoms with E-state index in [-0.39, 0.29) is 24.9 Å². The Kier molecular flexibility index (Phi) is 5.27. The number of ketones is 1. The van der Waals surface area contributed by atoms with Crippen LogP contribution >= 0.6 is 11.6 Å². The molecule has 0 saturated heterocycles. The Hall–Kier alpha value is -2.37. The molecule has 0 unspecified atom stereocenters. The highest BCUT2D eigenvalue weighted by Gasteiger charge is 2.50. The summed E-state index contributed by atoms with van der Waals surface area (Å²) in [6.07, 6.45) is -0.203. The third-order valence-corrected chi connectivity index (χ3v) is 4.67. The lowest BCUT2D eigenvalue weighted by atomic mass is 9.90. The number of rotatable bonds is 6. The highest BCUT2D eigenvalue weighted by molar-refractivity contribution is 6.31. The van der Waals surface area contributed by atoms with Crippen molar-refractivity contribution in [3.63, 3.8) is 0 Å². The molecule has 1 aliphatic heterocycles. The molecule has 0 bridgehead atoms. The van der Waals surface area contributed by atoms with Gasteiger partial charge in [-0.25, -0.2) is 0 Å². The van der Waals surface area contributed by atoms with Crippen molar-refractivity contribution in [1.82, 2.24) is 0 Å². The molecule has 0 saturated carbocycles. The Morgan fingerprint density at radius 2 is 1.89 bits per heavy atom. The number of ether oxygens (including phenoxy) is 1. The molecule has 1 amide bonds. The maximum Gasteiger partial charge on any atom is 0.264 e. The van der Waals surface area contributed by atoms with Crippen molar-refractivity contribution in [2.45, 2.75) is 45.4 Å². The zero-order valence-electron chi connectivity index (χ0n) is 15.5. The van der Waals surface area contributed by atoms with E-state index in [4.69, 9.17) is 16.3 Å². The van der Waals surface area contributed by atoms with Gasteiger partial charge in [-0.15, -0.1) is 0 Å². The molecule has 0 spiro atoms. The van der Waals surface area contributed by atoms with Gasteiger partial charge in [-0.1, -0.05) is 23.7 Å². The lowest BCUT2D eigenvalue weighted by molar-refractivity contribution is -0.141. The maximum absolute atomic E-state index is 13.0. The zero-order chi connectivity index (χ0) is 19.8. The van der Waals surface area contributed by atoms with Crippen molar-refractivity contribution in [3.8, 4) is 5.75 Å². The summed E-state index contributed by atoms with van der Waals surface area (Å²) >= 11 is 6.06. The van der Waals surface area contributed by atoms with E-state index in [1.54, 1.807) is 18.2 Å². The van der Waals surface area contributed by atoms with Gasteiger partial charge in [-0.2, -0.15) is 0 Å². The molecule has 0 radical (unpaired) electrons. The molecule has 2 aromatic carbocycles. The highest BCUT2D eigenvalue weighted by Crippen LogP contribution is 2.44. The number of Topliss-reactive ketones (excluding diaryl/α,β-unsaturated/α-hetero) is 1. The Morgan fingerprint density at radius 3 is 2.48 bits per heavy atom. The zero-order valence-corrected chi connectivity index (χ0v) is 16.3. The molecule has 142 valence electrons. The van der Waals surface area contributed by atoms with Gasteiger partial charge in [0.2, 0.25) is 0 Å². The molecule has 0 aliphatic carbocycles. The van der Waals surface area contributed by atoms with E-state index in [0.29, 0.717) is 16.3 Å². The molecule has 1 aliphatic rings. The summed E-state index contributed by atoms with van der Waals surface area (Å²) in [5.41, 5.74) is -0.0645. The lowest BCUT2D eigenvalue weighted by Crippen LogP contribution is -2.41. The number of fused-ring (bicyclic) bond motifs is 1. The minimum Gasteiger partial charge on any atom is -0.491 e. The van der Waals surface area contributed by atoms with Crippen LogP contribution in [0.5, 0.6) is 5.75 Å². The number of halogens is 1. The van der Waals surface area contributed by atoms with Crippen molar-refractivity contribution >= 4 is 29.0 Å². The van der Waals surface area contributed by atoms with Crippen LogP contribution in [0.25, 0.3) is 0 Å². The Morgan fingerprint density at radius 1 is 1.22 bits per heavy atom. The first-order valence-electron chi connectivity index (χ1n) is 8.80. The van der Waals surface area contributed by atoms with E-state index in [1.165, 1.54) is 11.8 Å². The molecule has 27 heavy (non-hydrogen) atoms. The van der Waals surface area contributed by atoms with Gasteiger partial charge >= 0.3 is 0 Å². The number of aliphatic hydroxyl groups is 1. The Labute approximate surface area is 163 Å². The van der Waals surface area contributed by atoms with E-state index in [2.05, 4.69) is 0 Å². The summed E-state index contributed by atoms with van der Waals surface area (Å²) in [4.78, 5) is 26.2. The third kappa shape index (κ3) is 3.84. The van der Waals surface area contributed by atoms with Crippen LogP contribution < -0.4 is 9.64 Å². The van der Waals surface area contributed by atoms with Crippen molar-refractivity contribution in [2.75, 3.05) is 4.90 Å². The van der Waals surface area contributed by atoms with Crippen LogP contribution in [-0.4, -0.2) is 22.9 Å². The standard InChI is InChI=1S/C21H22ClNO4/c1-13(2)27-17-7-4-15(5-8-17)12-23-19-9-6-16(22)10-18(19)21(26,20(23)25)11-14(3)24/h4-10,13,26H,11-12H2,1-3H3/t21-/m1/s1. The number of nitrogens with zero attached hydrogens (tertiary/aromatic N) is 1. The van der Waals surface area contributed by atoms with Gasteiger partial charge in [0.25, 0.3) is 5.91 Å². The van der Waals surface area contributed by atoms with Crippen molar-refractivity contribution in [2.24, 2.45) is 0 Å². The summed E-state index contributed by atoms with van der Waals surface area (Å²) in [6, 6.07) is 12.4. The minimum atomic E-state index is -1.88. The molecule has 2 aromatic rings. The van der Waals surface area contributed by atoms with E-state index in [1.807, 2.05) is 38.1 Å². The summed E-state index contributed by atoms with van der Waals surface area (Å²) in [5, 5.41) is 11.4. The van der Waals surface area contributed by atoms with Gasteiger partial charge in [0, 0.05) is 17.0 Å². The maximum atomic E-state index is 13.0. The smallest absolute Gasteiger partial charge is 0.264 e. The monoisotopic (exact) mass is 387 g/mol. The molecule has 1 atom stereocenters. The van der Waals surface area contributed by atoms with Gasteiger partial charge in [-0.3, -0.25) is 9.59 Å². The van der Waals surface area contributed by atoms with Crippen LogP contribution in [0.1, 0.15) is 38.3 Å². The molecule has 0 fully saturated rings. The van der Waals surface area contributed by atoms with Crippen LogP contribution in [0.3, 0.4) is 0 Å². The Balaban J connectivity index is 1.92. The SMILES string of the molecule is CC(=O)C[C@]1(O)C(=O)N(Cc2ccc(OC(C)C)cc2)c2ccc(Cl)cc21. The number of hydrogen-bond acceptors (Lipinski definition) is 4. The largest absolute Gasteiger partial charge is 0.491 e. The minimum absolute atomic E-state index is 0.0780. The summed E-state index contributed by atoms with van der Waals surface area (Å²) in [5.74, 6) is -0.0342. The lowest BCUT2D eigenvalue weighted by Gasteiger charge is -2.22. The van der Waals surface area contributed by atoms with Gasteiger partial charge in [0.1, 0.15) is 11.5 Å². The van der Waals surface area contributed by atoms with Gasteiger partial charge in [0.15, 0.2) is 5.60 Å². The third-order valence-electron chi connectivity index (χ3n) is 4.43. The first-order valence-corrected chi connectivity index (χ1v) is 9.18. The molecule has 1 heterocycles. The predicted octanol–water partition coefficient (Wildman–Crippen LogP) is 3.84. The molecule has 5 nitrogen and oxygen atoms in total. The summed E-state index contributed by atoms with van der Waals surface area (Å²) in [6.45, 7) is 5.53. The van der Waals surface area contributed by atoms with E-state index in [0.717, 1.165) is 11.3 Å². The summed E-state index contributed by atoms with van der Waals surface area (Å²) in [7, 11) is 0. The van der Waals surface area contributed by atoms with E-state index >= 15 is 0 Å². The second-order valence-corrected chi connectivity index (χ2v) is 7.54.